The Morgan fingerprint density at radius 1 is 1.15 bits per heavy atom. The predicted octanol–water partition coefficient (Wildman–Crippen LogP) is 3.33. The number of amides is 2. The van der Waals surface area contributed by atoms with Gasteiger partial charge >= 0.3 is 0 Å². The smallest absolute Gasteiger partial charge is 0.280 e. The third kappa shape index (κ3) is 4.57. The number of carbonyl (C=O) groups is 2. The van der Waals surface area contributed by atoms with Crippen LogP contribution in [0.15, 0.2) is 60.9 Å². The summed E-state index contributed by atoms with van der Waals surface area (Å²) in [5.41, 5.74) is 2.69. The lowest BCUT2D eigenvalue weighted by atomic mass is 10.1. The molecule has 1 unspecified atom stereocenters. The van der Waals surface area contributed by atoms with Crippen molar-refractivity contribution in [3.05, 3.63) is 71.8 Å². The Balaban J connectivity index is 1.21. The van der Waals surface area contributed by atoms with Gasteiger partial charge in [-0.25, -0.2) is 9.97 Å². The van der Waals surface area contributed by atoms with E-state index < -0.39 is 0 Å². The molecule has 9 heteroatoms. The van der Waals surface area contributed by atoms with Gasteiger partial charge in [-0.15, -0.1) is 11.3 Å². The van der Waals surface area contributed by atoms with Gasteiger partial charge in [0.05, 0.1) is 16.8 Å². The largest absolute Gasteiger partial charge is 0.350 e. The van der Waals surface area contributed by atoms with Crippen molar-refractivity contribution >= 4 is 39.1 Å². The van der Waals surface area contributed by atoms with Gasteiger partial charge in [-0.05, 0) is 50.5 Å². The van der Waals surface area contributed by atoms with E-state index in [1.807, 2.05) is 68.8 Å². The van der Waals surface area contributed by atoms with Crippen LogP contribution in [-0.4, -0.2) is 58.4 Å². The quantitative estimate of drug-likeness (QED) is 0.444. The molecule has 5 rings (SSSR count). The van der Waals surface area contributed by atoms with Crippen molar-refractivity contribution in [2.45, 2.75) is 13.0 Å². The molecule has 0 bridgehead atoms. The summed E-state index contributed by atoms with van der Waals surface area (Å²) < 4.78 is 3.04. The highest BCUT2D eigenvalue weighted by molar-refractivity contribution is 7.20. The number of para-hydroxylation sites is 1. The number of carbonyl (C=O) groups excluding carboxylic acids is 2. The Hall–Kier alpha value is -3.56. The fourth-order valence-electron chi connectivity index (χ4n) is 4.21. The van der Waals surface area contributed by atoms with Gasteiger partial charge in [0.15, 0.2) is 5.01 Å². The molecule has 34 heavy (non-hydrogen) atoms. The van der Waals surface area contributed by atoms with Crippen LogP contribution >= 0.6 is 11.3 Å². The van der Waals surface area contributed by atoms with Gasteiger partial charge in [-0.3, -0.25) is 9.59 Å². The molecule has 1 fully saturated rings. The molecule has 0 radical (unpaired) electrons. The van der Waals surface area contributed by atoms with Crippen LogP contribution in [0.1, 0.15) is 22.0 Å². The van der Waals surface area contributed by atoms with Crippen LogP contribution in [-0.2, 0) is 11.3 Å². The number of imidazole rings is 1. The molecule has 1 saturated heterocycles. The van der Waals surface area contributed by atoms with Crippen LogP contribution in [0.25, 0.3) is 15.9 Å². The minimum Gasteiger partial charge on any atom is -0.350 e. The molecule has 0 aliphatic carbocycles. The molecule has 1 atom stereocenters. The first-order valence-electron chi connectivity index (χ1n) is 11.2. The van der Waals surface area contributed by atoms with E-state index in [0.717, 1.165) is 34.0 Å². The number of fused-ring (bicyclic) bond motifs is 1. The third-order valence-corrected chi connectivity index (χ3v) is 6.89. The van der Waals surface area contributed by atoms with Gasteiger partial charge in [0.25, 0.3) is 5.91 Å². The second-order valence-electron chi connectivity index (χ2n) is 8.74. The molecule has 2 aromatic carbocycles. The Labute approximate surface area is 201 Å². The zero-order chi connectivity index (χ0) is 23.7. The van der Waals surface area contributed by atoms with Crippen molar-refractivity contribution < 1.29 is 9.59 Å². The highest BCUT2D eigenvalue weighted by Crippen LogP contribution is 2.27. The van der Waals surface area contributed by atoms with Crippen molar-refractivity contribution in [1.82, 2.24) is 24.8 Å². The van der Waals surface area contributed by atoms with Crippen LogP contribution in [0.5, 0.6) is 0 Å². The fraction of sp³-hybridized carbons (Fsp3) is 0.280. The predicted molar refractivity (Wildman–Crippen MR) is 133 cm³/mol. The van der Waals surface area contributed by atoms with Gasteiger partial charge in [-0.2, -0.15) is 0 Å². The number of anilines is 1. The summed E-state index contributed by atoms with van der Waals surface area (Å²) in [6, 6.07) is 15.6. The number of hydrogen-bond acceptors (Lipinski definition) is 6. The number of aromatic nitrogens is 3. The SMILES string of the molecule is CN(C)Cc1nccn1-c1ccc(N2CC(CNC(=O)c3nc4ccccc4s3)CC2=O)cc1. The summed E-state index contributed by atoms with van der Waals surface area (Å²) in [5.74, 6) is 0.901. The average Bonchev–Trinajstić information content (AvgIpc) is 3.55. The van der Waals surface area contributed by atoms with Crippen molar-refractivity contribution in [1.29, 1.82) is 0 Å². The summed E-state index contributed by atoms with van der Waals surface area (Å²) >= 11 is 1.38. The van der Waals surface area contributed by atoms with E-state index >= 15 is 0 Å². The van der Waals surface area contributed by atoms with Gasteiger partial charge in [0, 0.05) is 49.2 Å². The standard InChI is InChI=1S/C25H26N6O2S/c1-29(2)16-22-26-11-12-30(22)18-7-9-19(10-8-18)31-15-17(13-23(31)32)14-27-24(33)25-28-20-5-3-4-6-21(20)34-25/h3-12,17H,13-16H2,1-2H3,(H,27,33). The van der Waals surface area contributed by atoms with E-state index in [2.05, 4.69) is 24.8 Å². The van der Waals surface area contributed by atoms with Gasteiger partial charge in [0.2, 0.25) is 5.91 Å². The normalized spacial score (nSPS) is 16.0. The van der Waals surface area contributed by atoms with E-state index in [-0.39, 0.29) is 17.7 Å². The molecule has 2 aromatic heterocycles. The Kier molecular flexibility index (Phi) is 6.12. The maximum absolute atomic E-state index is 12.7. The molecule has 2 amide bonds. The molecule has 174 valence electrons. The maximum Gasteiger partial charge on any atom is 0.280 e. The maximum atomic E-state index is 12.7. The summed E-state index contributed by atoms with van der Waals surface area (Å²) in [6.45, 7) is 1.76. The van der Waals surface area contributed by atoms with Crippen LogP contribution in [0, 0.1) is 5.92 Å². The van der Waals surface area contributed by atoms with E-state index in [1.165, 1.54) is 11.3 Å². The zero-order valence-corrected chi connectivity index (χ0v) is 20.0. The first-order valence-corrected chi connectivity index (χ1v) is 12.0. The zero-order valence-electron chi connectivity index (χ0n) is 19.1. The van der Waals surface area contributed by atoms with Gasteiger partial charge in [-0.1, -0.05) is 12.1 Å². The molecule has 0 saturated carbocycles. The molecule has 0 spiro atoms. The second kappa shape index (κ2) is 9.36. The lowest BCUT2D eigenvalue weighted by Crippen LogP contribution is -2.31. The molecular weight excluding hydrogens is 448 g/mol. The number of nitrogens with one attached hydrogen (secondary N) is 1. The van der Waals surface area contributed by atoms with Gasteiger partial charge in [0.1, 0.15) is 5.82 Å². The number of nitrogens with zero attached hydrogens (tertiary/aromatic N) is 5. The second-order valence-corrected chi connectivity index (χ2v) is 9.77. The summed E-state index contributed by atoms with van der Waals surface area (Å²) in [6.07, 6.45) is 4.15. The Morgan fingerprint density at radius 3 is 2.68 bits per heavy atom. The minimum absolute atomic E-state index is 0.0610. The van der Waals surface area contributed by atoms with E-state index in [4.69, 9.17) is 0 Å². The summed E-state index contributed by atoms with van der Waals surface area (Å²) in [4.78, 5) is 38.0. The van der Waals surface area contributed by atoms with E-state index in [9.17, 15) is 9.59 Å². The molecular formula is C25H26N6O2S. The van der Waals surface area contributed by atoms with Crippen LogP contribution in [0.3, 0.4) is 0 Å². The van der Waals surface area contributed by atoms with Crippen LogP contribution < -0.4 is 10.2 Å². The van der Waals surface area contributed by atoms with Crippen molar-refractivity contribution in [3.8, 4) is 5.69 Å². The van der Waals surface area contributed by atoms with E-state index in [1.54, 1.807) is 11.1 Å². The Morgan fingerprint density at radius 2 is 1.91 bits per heavy atom. The average molecular weight is 475 g/mol. The van der Waals surface area contributed by atoms with Crippen molar-refractivity contribution in [2.75, 3.05) is 32.1 Å². The van der Waals surface area contributed by atoms with Crippen molar-refractivity contribution in [3.63, 3.8) is 0 Å². The summed E-state index contributed by atoms with van der Waals surface area (Å²) in [7, 11) is 4.03. The van der Waals surface area contributed by atoms with Crippen LogP contribution in [0.4, 0.5) is 5.69 Å². The van der Waals surface area contributed by atoms with Crippen molar-refractivity contribution in [2.24, 2.45) is 5.92 Å². The fourth-order valence-corrected chi connectivity index (χ4v) is 5.09. The Bertz CT molecular complexity index is 1290. The lowest BCUT2D eigenvalue weighted by Gasteiger charge is -2.18. The number of rotatable bonds is 7. The molecule has 3 heterocycles. The summed E-state index contributed by atoms with van der Waals surface area (Å²) in [5, 5.41) is 3.41. The monoisotopic (exact) mass is 474 g/mol. The number of benzene rings is 2. The molecule has 1 aliphatic heterocycles. The first-order chi connectivity index (χ1) is 16.5. The third-order valence-electron chi connectivity index (χ3n) is 5.86. The highest BCUT2D eigenvalue weighted by atomic mass is 32.1. The number of hydrogen-bond donors (Lipinski definition) is 1. The van der Waals surface area contributed by atoms with Gasteiger partial charge < -0.3 is 19.7 Å². The molecule has 1 aliphatic rings. The first kappa shape index (κ1) is 22.2. The topological polar surface area (TPSA) is 83.4 Å². The number of thiazole rings is 1. The molecule has 8 nitrogen and oxygen atoms in total. The highest BCUT2D eigenvalue weighted by Gasteiger charge is 2.31. The molecule has 1 N–H and O–H groups in total. The lowest BCUT2D eigenvalue weighted by molar-refractivity contribution is -0.117. The molecule has 4 aromatic rings. The van der Waals surface area contributed by atoms with E-state index in [0.29, 0.717) is 24.5 Å². The van der Waals surface area contributed by atoms with Crippen LogP contribution in [0.2, 0.25) is 0 Å². The minimum atomic E-state index is -0.190.